The van der Waals surface area contributed by atoms with Crippen molar-refractivity contribution in [3.63, 3.8) is 0 Å². The van der Waals surface area contributed by atoms with Crippen molar-refractivity contribution in [3.05, 3.63) is 52.0 Å². The van der Waals surface area contributed by atoms with Gasteiger partial charge in [0.2, 0.25) is 0 Å². The van der Waals surface area contributed by atoms with Crippen LogP contribution in [0.5, 0.6) is 0 Å². The van der Waals surface area contributed by atoms with Crippen molar-refractivity contribution in [2.75, 3.05) is 6.54 Å². The zero-order chi connectivity index (χ0) is 16.9. The monoisotopic (exact) mass is 332 g/mol. The fourth-order valence-electron chi connectivity index (χ4n) is 2.35. The fraction of sp³-hybridized carbons (Fsp3) is 0.444. The molecule has 2 N–H and O–H groups in total. The summed E-state index contributed by atoms with van der Waals surface area (Å²) in [5.41, 5.74) is 1.13. The molecule has 1 unspecified atom stereocenters. The Hall–Kier alpha value is -1.72. The minimum atomic E-state index is -0.770. The third kappa shape index (κ3) is 5.44. The highest BCUT2D eigenvalue weighted by Crippen LogP contribution is 2.27. The van der Waals surface area contributed by atoms with Crippen LogP contribution in [0, 0.1) is 0 Å². The Balaban J connectivity index is 1.94. The number of rotatable bonds is 7. The Morgan fingerprint density at radius 3 is 2.57 bits per heavy atom. The topological polar surface area (TPSA) is 62.2 Å². The molecular weight excluding hydrogens is 308 g/mol. The molecule has 124 valence electrons. The van der Waals surface area contributed by atoms with Crippen LogP contribution in [-0.4, -0.2) is 22.6 Å². The van der Waals surface area contributed by atoms with Gasteiger partial charge in [-0.3, -0.25) is 4.79 Å². The van der Waals surface area contributed by atoms with Crippen molar-refractivity contribution in [1.29, 1.82) is 0 Å². The second-order valence-electron chi connectivity index (χ2n) is 6.72. The van der Waals surface area contributed by atoms with Crippen LogP contribution in [0.3, 0.4) is 0 Å². The first-order valence-corrected chi connectivity index (χ1v) is 8.60. The number of carboxylic acids is 1. The molecule has 1 aromatic carbocycles. The van der Waals surface area contributed by atoms with Crippen LogP contribution in [0.2, 0.25) is 0 Å². The van der Waals surface area contributed by atoms with Gasteiger partial charge in [-0.1, -0.05) is 51.1 Å². The van der Waals surface area contributed by atoms with Gasteiger partial charge in [0.15, 0.2) is 0 Å². The SMILES string of the molecule is CC(C)(C)c1ncc(CNCC(CC(=O)O)c2ccccc2)s1. The number of nitrogens with zero attached hydrogens (tertiary/aromatic N) is 1. The molecule has 2 aromatic rings. The standard InChI is InChI=1S/C18H24N2O2S/c1-18(2,3)17-20-12-15(23-17)11-19-10-14(9-16(21)22)13-7-5-4-6-8-13/h4-8,12,14,19H,9-11H2,1-3H3,(H,21,22). The number of hydrogen-bond donors (Lipinski definition) is 2. The van der Waals surface area contributed by atoms with Crippen molar-refractivity contribution >= 4 is 17.3 Å². The molecule has 0 spiro atoms. The van der Waals surface area contributed by atoms with E-state index >= 15 is 0 Å². The van der Waals surface area contributed by atoms with E-state index in [0.29, 0.717) is 6.54 Å². The summed E-state index contributed by atoms with van der Waals surface area (Å²) in [5, 5.41) is 13.6. The molecule has 0 bridgehead atoms. The van der Waals surface area contributed by atoms with E-state index in [1.165, 1.54) is 4.88 Å². The van der Waals surface area contributed by atoms with Crippen LogP contribution in [0.4, 0.5) is 0 Å². The van der Waals surface area contributed by atoms with Crippen molar-refractivity contribution in [3.8, 4) is 0 Å². The predicted octanol–water partition coefficient (Wildman–Crippen LogP) is 3.79. The van der Waals surface area contributed by atoms with Gasteiger partial charge in [-0.25, -0.2) is 4.98 Å². The van der Waals surface area contributed by atoms with Crippen LogP contribution in [0.25, 0.3) is 0 Å². The van der Waals surface area contributed by atoms with E-state index in [1.54, 1.807) is 11.3 Å². The summed E-state index contributed by atoms with van der Waals surface area (Å²) >= 11 is 1.71. The smallest absolute Gasteiger partial charge is 0.304 e. The average molecular weight is 332 g/mol. The number of nitrogens with one attached hydrogen (secondary N) is 1. The van der Waals surface area contributed by atoms with E-state index < -0.39 is 5.97 Å². The maximum absolute atomic E-state index is 11.1. The van der Waals surface area contributed by atoms with Crippen LogP contribution in [0.15, 0.2) is 36.5 Å². The lowest BCUT2D eigenvalue weighted by atomic mass is 9.96. The van der Waals surface area contributed by atoms with E-state index in [4.69, 9.17) is 5.11 Å². The summed E-state index contributed by atoms with van der Waals surface area (Å²) in [7, 11) is 0. The first-order chi connectivity index (χ1) is 10.9. The lowest BCUT2D eigenvalue weighted by Crippen LogP contribution is -2.22. The normalized spacial score (nSPS) is 13.0. The first kappa shape index (κ1) is 17.6. The van der Waals surface area contributed by atoms with E-state index in [1.807, 2.05) is 36.5 Å². The number of carboxylic acid groups (broad SMARTS) is 1. The molecule has 1 heterocycles. The zero-order valence-electron chi connectivity index (χ0n) is 13.9. The van der Waals surface area contributed by atoms with E-state index in [-0.39, 0.29) is 17.8 Å². The Morgan fingerprint density at radius 2 is 2.00 bits per heavy atom. The van der Waals surface area contributed by atoms with Gasteiger partial charge in [-0.2, -0.15) is 0 Å². The lowest BCUT2D eigenvalue weighted by molar-refractivity contribution is -0.137. The molecule has 0 fully saturated rings. The Morgan fingerprint density at radius 1 is 1.30 bits per heavy atom. The van der Waals surface area contributed by atoms with Gasteiger partial charge in [0.1, 0.15) is 0 Å². The molecule has 0 saturated carbocycles. The third-order valence-corrected chi connectivity index (χ3v) is 5.00. The number of thiazole rings is 1. The van der Waals surface area contributed by atoms with Crippen molar-refractivity contribution < 1.29 is 9.90 Å². The maximum atomic E-state index is 11.1. The second-order valence-corrected chi connectivity index (χ2v) is 7.83. The molecule has 0 aliphatic heterocycles. The molecule has 5 heteroatoms. The van der Waals surface area contributed by atoms with E-state index in [9.17, 15) is 4.79 Å². The Labute approximate surface area is 141 Å². The van der Waals surface area contributed by atoms with Crippen LogP contribution in [0.1, 0.15) is 48.6 Å². The Kier molecular flexibility index (Phi) is 5.91. The lowest BCUT2D eigenvalue weighted by Gasteiger charge is -2.16. The maximum Gasteiger partial charge on any atom is 0.304 e. The van der Waals surface area contributed by atoms with Crippen LogP contribution in [-0.2, 0) is 16.8 Å². The first-order valence-electron chi connectivity index (χ1n) is 7.79. The van der Waals surface area contributed by atoms with Gasteiger partial charge in [0.25, 0.3) is 0 Å². The molecule has 0 aliphatic carbocycles. The zero-order valence-corrected chi connectivity index (χ0v) is 14.7. The highest BCUT2D eigenvalue weighted by molar-refractivity contribution is 7.11. The van der Waals surface area contributed by atoms with Gasteiger partial charge in [-0.05, 0) is 5.56 Å². The highest BCUT2D eigenvalue weighted by Gasteiger charge is 2.18. The number of hydrogen-bond acceptors (Lipinski definition) is 4. The fourth-order valence-corrected chi connectivity index (χ4v) is 3.29. The highest BCUT2D eigenvalue weighted by atomic mass is 32.1. The minimum Gasteiger partial charge on any atom is -0.481 e. The second kappa shape index (κ2) is 7.70. The summed E-state index contributed by atoms with van der Waals surface area (Å²) in [6.07, 6.45) is 2.04. The van der Waals surface area contributed by atoms with Gasteiger partial charge in [0, 0.05) is 35.5 Å². The molecule has 1 atom stereocenters. The van der Waals surface area contributed by atoms with Crippen molar-refractivity contribution in [2.45, 2.75) is 45.1 Å². The average Bonchev–Trinajstić information content (AvgIpc) is 2.96. The number of aliphatic carboxylic acids is 1. The molecule has 0 aliphatic rings. The summed E-state index contributed by atoms with van der Waals surface area (Å²) in [5.74, 6) is -0.794. The van der Waals surface area contributed by atoms with Gasteiger partial charge in [0.05, 0.1) is 11.4 Å². The molecule has 0 radical (unpaired) electrons. The molecule has 1 aromatic heterocycles. The van der Waals surface area contributed by atoms with Crippen LogP contribution < -0.4 is 5.32 Å². The van der Waals surface area contributed by atoms with Gasteiger partial charge >= 0.3 is 5.97 Å². The summed E-state index contributed by atoms with van der Waals surface area (Å²) in [6.45, 7) is 7.82. The van der Waals surface area contributed by atoms with E-state index in [2.05, 4.69) is 31.1 Å². The molecule has 0 amide bonds. The van der Waals surface area contributed by atoms with Crippen molar-refractivity contribution in [1.82, 2.24) is 10.3 Å². The number of carbonyl (C=O) groups is 1. The van der Waals surface area contributed by atoms with Crippen molar-refractivity contribution in [2.24, 2.45) is 0 Å². The summed E-state index contributed by atoms with van der Waals surface area (Å²) < 4.78 is 0. The number of benzene rings is 1. The molecule has 4 nitrogen and oxygen atoms in total. The van der Waals surface area contributed by atoms with Gasteiger partial charge in [-0.15, -0.1) is 11.3 Å². The summed E-state index contributed by atoms with van der Waals surface area (Å²) in [6, 6.07) is 9.81. The Bertz CT molecular complexity index is 632. The molecule has 2 rings (SSSR count). The predicted molar refractivity (Wildman–Crippen MR) is 94.0 cm³/mol. The largest absolute Gasteiger partial charge is 0.481 e. The molecule has 23 heavy (non-hydrogen) atoms. The minimum absolute atomic E-state index is 0.0243. The quantitative estimate of drug-likeness (QED) is 0.810. The molecule has 0 saturated heterocycles. The van der Waals surface area contributed by atoms with E-state index in [0.717, 1.165) is 17.1 Å². The summed E-state index contributed by atoms with van der Waals surface area (Å²) in [4.78, 5) is 16.7. The van der Waals surface area contributed by atoms with Gasteiger partial charge < -0.3 is 10.4 Å². The van der Waals surface area contributed by atoms with Crippen LogP contribution >= 0.6 is 11.3 Å². The number of aromatic nitrogens is 1. The molecular formula is C18H24N2O2S. The third-order valence-electron chi connectivity index (χ3n) is 3.58.